The van der Waals surface area contributed by atoms with Gasteiger partial charge < -0.3 is 10.2 Å². The van der Waals surface area contributed by atoms with Gasteiger partial charge in [-0.05, 0) is 31.5 Å². The first kappa shape index (κ1) is 12.1. The average Bonchev–Trinajstić information content (AvgIpc) is 2.38. The number of halogens is 3. The number of hydrogen-bond acceptors (Lipinski definition) is 2. The van der Waals surface area contributed by atoms with Crippen LogP contribution in [0.25, 0.3) is 0 Å². The zero-order valence-corrected chi connectivity index (χ0v) is 9.80. The molecule has 17 heavy (non-hydrogen) atoms. The fourth-order valence-corrected chi connectivity index (χ4v) is 2.01. The second-order valence-electron chi connectivity index (χ2n) is 4.41. The molecule has 1 N–H and O–H groups in total. The van der Waals surface area contributed by atoms with Crippen LogP contribution in [-0.4, -0.2) is 19.6 Å². The van der Waals surface area contributed by atoms with E-state index in [1.165, 1.54) is 12.1 Å². The van der Waals surface area contributed by atoms with Crippen molar-refractivity contribution >= 4 is 11.4 Å². The molecule has 0 amide bonds. The number of hydrogen-bond donors (Lipinski definition) is 1. The minimum Gasteiger partial charge on any atom is -0.383 e. The Balaban J connectivity index is 2.43. The van der Waals surface area contributed by atoms with Crippen molar-refractivity contribution in [1.82, 2.24) is 0 Å². The van der Waals surface area contributed by atoms with Gasteiger partial charge in [0.1, 0.15) is 0 Å². The lowest BCUT2D eigenvalue weighted by Gasteiger charge is -2.25. The van der Waals surface area contributed by atoms with Gasteiger partial charge in [0.2, 0.25) is 0 Å². The topological polar surface area (TPSA) is 15.3 Å². The Bertz CT molecular complexity index is 415. The monoisotopic (exact) mass is 244 g/mol. The van der Waals surface area contributed by atoms with Crippen molar-refractivity contribution in [1.29, 1.82) is 0 Å². The number of anilines is 2. The molecule has 2 nitrogen and oxygen atoms in total. The average molecular weight is 244 g/mol. The zero-order chi connectivity index (χ0) is 12.6. The van der Waals surface area contributed by atoms with Crippen LogP contribution >= 0.6 is 0 Å². The maximum absolute atomic E-state index is 12.6. The maximum atomic E-state index is 12.6. The highest BCUT2D eigenvalue weighted by Crippen LogP contribution is 2.36. The Morgan fingerprint density at radius 2 is 2.06 bits per heavy atom. The predicted molar refractivity (Wildman–Crippen MR) is 62.4 cm³/mol. The fraction of sp³-hybridized carbons (Fsp3) is 0.500. The summed E-state index contributed by atoms with van der Waals surface area (Å²) in [6, 6.07) is 4.17. The first-order valence-electron chi connectivity index (χ1n) is 5.57. The SMILES string of the molecule is CC1CCNc2cc(C(F)(F)F)ccc2N1C. The van der Waals surface area contributed by atoms with Crippen LogP contribution in [0, 0.1) is 0 Å². The van der Waals surface area contributed by atoms with Gasteiger partial charge in [0, 0.05) is 19.6 Å². The van der Waals surface area contributed by atoms with E-state index >= 15 is 0 Å². The van der Waals surface area contributed by atoms with Gasteiger partial charge in [-0.15, -0.1) is 0 Å². The van der Waals surface area contributed by atoms with Crippen molar-refractivity contribution < 1.29 is 13.2 Å². The van der Waals surface area contributed by atoms with Crippen LogP contribution in [0.15, 0.2) is 18.2 Å². The summed E-state index contributed by atoms with van der Waals surface area (Å²) in [6.45, 7) is 2.76. The predicted octanol–water partition coefficient (Wildman–Crippen LogP) is 3.35. The molecule has 0 radical (unpaired) electrons. The summed E-state index contributed by atoms with van der Waals surface area (Å²) in [5.74, 6) is 0. The van der Waals surface area contributed by atoms with Crippen molar-refractivity contribution in [2.45, 2.75) is 25.6 Å². The fourth-order valence-electron chi connectivity index (χ4n) is 2.01. The third-order valence-electron chi connectivity index (χ3n) is 3.24. The Morgan fingerprint density at radius 3 is 2.71 bits per heavy atom. The van der Waals surface area contributed by atoms with Gasteiger partial charge in [-0.2, -0.15) is 13.2 Å². The van der Waals surface area contributed by atoms with Gasteiger partial charge in [0.05, 0.1) is 16.9 Å². The van der Waals surface area contributed by atoms with Crippen LogP contribution in [-0.2, 0) is 6.18 Å². The summed E-state index contributed by atoms with van der Waals surface area (Å²) in [5.41, 5.74) is 0.779. The summed E-state index contributed by atoms with van der Waals surface area (Å²) in [5, 5.41) is 3.06. The van der Waals surface area contributed by atoms with E-state index < -0.39 is 11.7 Å². The first-order valence-corrected chi connectivity index (χ1v) is 5.57. The lowest BCUT2D eigenvalue weighted by atomic mass is 10.1. The van der Waals surface area contributed by atoms with E-state index in [1.807, 2.05) is 11.9 Å². The second-order valence-corrected chi connectivity index (χ2v) is 4.41. The van der Waals surface area contributed by atoms with E-state index in [0.717, 1.165) is 18.2 Å². The van der Waals surface area contributed by atoms with E-state index in [4.69, 9.17) is 0 Å². The summed E-state index contributed by atoms with van der Waals surface area (Å²) in [7, 11) is 1.91. The van der Waals surface area contributed by atoms with Gasteiger partial charge >= 0.3 is 6.18 Å². The molecule has 5 heteroatoms. The van der Waals surface area contributed by atoms with Crippen LogP contribution in [0.3, 0.4) is 0 Å². The van der Waals surface area contributed by atoms with Gasteiger partial charge in [0.25, 0.3) is 0 Å². The van der Waals surface area contributed by atoms with Crippen molar-refractivity contribution in [2.75, 3.05) is 23.8 Å². The molecule has 0 fully saturated rings. The van der Waals surface area contributed by atoms with Crippen LogP contribution in [0.5, 0.6) is 0 Å². The summed E-state index contributed by atoms with van der Waals surface area (Å²) >= 11 is 0. The first-order chi connectivity index (χ1) is 7.89. The van der Waals surface area contributed by atoms with Crippen LogP contribution in [0.4, 0.5) is 24.5 Å². The number of nitrogens with one attached hydrogen (secondary N) is 1. The molecule has 0 bridgehead atoms. The molecule has 1 aromatic carbocycles. The highest BCUT2D eigenvalue weighted by atomic mass is 19.4. The minimum atomic E-state index is -4.28. The smallest absolute Gasteiger partial charge is 0.383 e. The largest absolute Gasteiger partial charge is 0.416 e. The van der Waals surface area contributed by atoms with E-state index in [2.05, 4.69) is 12.2 Å². The molecular weight excluding hydrogens is 229 g/mol. The third kappa shape index (κ3) is 2.33. The normalized spacial score (nSPS) is 20.5. The molecule has 1 aliphatic rings. The Kier molecular flexibility index (Phi) is 2.93. The molecule has 0 aromatic heterocycles. The van der Waals surface area contributed by atoms with Crippen molar-refractivity contribution in [3.05, 3.63) is 23.8 Å². The van der Waals surface area contributed by atoms with Gasteiger partial charge in [-0.3, -0.25) is 0 Å². The molecule has 2 rings (SSSR count). The Hall–Kier alpha value is -1.39. The Labute approximate surface area is 98.4 Å². The molecule has 0 aliphatic carbocycles. The van der Waals surface area contributed by atoms with E-state index in [0.29, 0.717) is 18.3 Å². The number of fused-ring (bicyclic) bond motifs is 1. The van der Waals surface area contributed by atoms with Gasteiger partial charge in [0.15, 0.2) is 0 Å². The van der Waals surface area contributed by atoms with Crippen molar-refractivity contribution in [3.8, 4) is 0 Å². The molecule has 94 valence electrons. The van der Waals surface area contributed by atoms with Gasteiger partial charge in [-0.1, -0.05) is 0 Å². The lowest BCUT2D eigenvalue weighted by molar-refractivity contribution is -0.137. The molecule has 1 unspecified atom stereocenters. The van der Waals surface area contributed by atoms with Crippen LogP contribution in [0.1, 0.15) is 18.9 Å². The number of nitrogens with zero attached hydrogens (tertiary/aromatic N) is 1. The quantitative estimate of drug-likeness (QED) is 0.753. The molecule has 0 saturated carbocycles. The zero-order valence-electron chi connectivity index (χ0n) is 9.80. The molecule has 1 aliphatic heterocycles. The van der Waals surface area contributed by atoms with E-state index in [1.54, 1.807) is 0 Å². The van der Waals surface area contributed by atoms with E-state index in [-0.39, 0.29) is 0 Å². The molecular formula is C12H15F3N2. The highest BCUT2D eigenvalue weighted by molar-refractivity contribution is 5.72. The highest BCUT2D eigenvalue weighted by Gasteiger charge is 2.31. The minimum absolute atomic E-state index is 0.320. The summed E-state index contributed by atoms with van der Waals surface area (Å²) in [6.07, 6.45) is -3.38. The van der Waals surface area contributed by atoms with E-state index in [9.17, 15) is 13.2 Å². The summed E-state index contributed by atoms with van der Waals surface area (Å²) in [4.78, 5) is 2.01. The third-order valence-corrected chi connectivity index (χ3v) is 3.24. The van der Waals surface area contributed by atoms with Crippen LogP contribution < -0.4 is 10.2 Å². The second kappa shape index (κ2) is 4.13. The molecule has 1 atom stereocenters. The van der Waals surface area contributed by atoms with Crippen molar-refractivity contribution in [2.24, 2.45) is 0 Å². The molecule has 1 heterocycles. The van der Waals surface area contributed by atoms with Gasteiger partial charge in [-0.25, -0.2) is 0 Å². The number of alkyl halides is 3. The lowest BCUT2D eigenvalue weighted by Crippen LogP contribution is -2.28. The molecule has 0 spiro atoms. The Morgan fingerprint density at radius 1 is 1.35 bits per heavy atom. The summed E-state index contributed by atoms with van der Waals surface area (Å²) < 4.78 is 37.8. The standard InChI is InChI=1S/C12H15F3N2/c1-8-5-6-16-10-7-9(12(13,14)15)3-4-11(10)17(8)2/h3-4,7-8,16H,5-6H2,1-2H3. The van der Waals surface area contributed by atoms with Crippen molar-refractivity contribution in [3.63, 3.8) is 0 Å². The van der Waals surface area contributed by atoms with Crippen LogP contribution in [0.2, 0.25) is 0 Å². The number of rotatable bonds is 0. The number of benzene rings is 1. The molecule has 0 saturated heterocycles. The molecule has 1 aromatic rings. The maximum Gasteiger partial charge on any atom is 0.416 e.